The first-order valence-electron chi connectivity index (χ1n) is 8.84. The zero-order valence-corrected chi connectivity index (χ0v) is 16.3. The minimum atomic E-state index is -0.360. The summed E-state index contributed by atoms with van der Waals surface area (Å²) in [6, 6.07) is 10.4. The van der Waals surface area contributed by atoms with E-state index in [0.29, 0.717) is 10.7 Å². The van der Waals surface area contributed by atoms with Crippen molar-refractivity contribution in [2.45, 2.75) is 27.2 Å². The number of carbonyl (C=O) groups excluding carboxylic acids is 1. The van der Waals surface area contributed by atoms with Gasteiger partial charge >= 0.3 is 0 Å². The molecule has 6 heteroatoms. The van der Waals surface area contributed by atoms with Crippen LogP contribution in [0.3, 0.4) is 0 Å². The van der Waals surface area contributed by atoms with Gasteiger partial charge in [0.05, 0.1) is 5.57 Å². The van der Waals surface area contributed by atoms with E-state index in [2.05, 4.69) is 47.7 Å². The number of thioether (sulfide) groups is 1. The fourth-order valence-corrected chi connectivity index (χ4v) is 4.22. The topological polar surface area (TPSA) is 61.5 Å². The van der Waals surface area contributed by atoms with Crippen molar-refractivity contribution in [3.63, 3.8) is 0 Å². The van der Waals surface area contributed by atoms with Gasteiger partial charge in [0.2, 0.25) is 0 Å². The van der Waals surface area contributed by atoms with Crippen LogP contribution in [0.25, 0.3) is 11.8 Å². The molecule has 0 saturated heterocycles. The third kappa shape index (κ3) is 2.86. The Kier molecular flexibility index (Phi) is 4.36. The molecule has 0 saturated carbocycles. The zero-order chi connectivity index (χ0) is 19.1. The fourth-order valence-electron chi connectivity index (χ4n) is 3.52. The molecule has 27 heavy (non-hydrogen) atoms. The normalized spacial score (nSPS) is 17.7. The van der Waals surface area contributed by atoms with E-state index in [4.69, 9.17) is 5.41 Å². The summed E-state index contributed by atoms with van der Waals surface area (Å²) in [5, 5.41) is 10.8. The molecule has 4 rings (SSSR count). The SMILES string of the molecule is CCc1ccccc1-n1c(C)cc(/C=C2/C(=N)N3C=CSC3=NC2=O)c1C. The number of nitrogens with zero attached hydrogens (tertiary/aromatic N) is 3. The van der Waals surface area contributed by atoms with Crippen molar-refractivity contribution in [2.75, 3.05) is 0 Å². The fraction of sp³-hybridized carbons (Fsp3) is 0.190. The molecular formula is C21H20N4OS. The Balaban J connectivity index is 1.81. The number of hydrogen-bond donors (Lipinski definition) is 1. The van der Waals surface area contributed by atoms with Crippen molar-refractivity contribution >= 4 is 34.7 Å². The highest BCUT2D eigenvalue weighted by atomic mass is 32.2. The highest BCUT2D eigenvalue weighted by Gasteiger charge is 2.31. The van der Waals surface area contributed by atoms with Gasteiger partial charge in [0.25, 0.3) is 5.91 Å². The number of benzene rings is 1. The molecule has 0 radical (unpaired) electrons. The lowest BCUT2D eigenvalue weighted by Crippen LogP contribution is -2.35. The molecule has 1 aromatic heterocycles. The summed E-state index contributed by atoms with van der Waals surface area (Å²) < 4.78 is 2.21. The van der Waals surface area contributed by atoms with Gasteiger partial charge in [-0.1, -0.05) is 36.9 Å². The van der Waals surface area contributed by atoms with Gasteiger partial charge in [-0.05, 0) is 55.0 Å². The van der Waals surface area contributed by atoms with Crippen LogP contribution in [0.5, 0.6) is 0 Å². The summed E-state index contributed by atoms with van der Waals surface area (Å²) >= 11 is 1.36. The van der Waals surface area contributed by atoms with Crippen molar-refractivity contribution in [1.29, 1.82) is 5.41 Å². The Bertz CT molecular complexity index is 1060. The van der Waals surface area contributed by atoms with E-state index in [9.17, 15) is 4.79 Å². The van der Waals surface area contributed by atoms with Crippen molar-refractivity contribution in [2.24, 2.45) is 4.99 Å². The predicted octanol–water partition coefficient (Wildman–Crippen LogP) is 4.43. The van der Waals surface area contributed by atoms with Gasteiger partial charge in [0, 0.05) is 23.3 Å². The minimum Gasteiger partial charge on any atom is -0.318 e. The molecule has 136 valence electrons. The van der Waals surface area contributed by atoms with Crippen LogP contribution in [0.4, 0.5) is 0 Å². The van der Waals surface area contributed by atoms with Crippen LogP contribution >= 0.6 is 11.8 Å². The molecule has 1 N–H and O–H groups in total. The Hall–Kier alpha value is -2.86. The summed E-state index contributed by atoms with van der Waals surface area (Å²) in [5.41, 5.74) is 5.81. The molecule has 0 spiro atoms. The number of aryl methyl sites for hydroxylation is 2. The largest absolute Gasteiger partial charge is 0.318 e. The summed E-state index contributed by atoms with van der Waals surface area (Å²) in [6.07, 6.45) is 4.51. The van der Waals surface area contributed by atoms with Crippen LogP contribution in [0.1, 0.15) is 29.4 Å². The Morgan fingerprint density at radius 3 is 2.81 bits per heavy atom. The molecule has 0 fully saturated rings. The molecule has 0 aliphatic carbocycles. The number of fused-ring (bicyclic) bond motifs is 1. The van der Waals surface area contributed by atoms with Gasteiger partial charge < -0.3 is 4.57 Å². The summed E-state index contributed by atoms with van der Waals surface area (Å²) in [5.74, 6) is -0.189. The molecule has 5 nitrogen and oxygen atoms in total. The van der Waals surface area contributed by atoms with Crippen molar-refractivity contribution in [3.05, 3.63) is 70.0 Å². The standard InChI is InChI=1S/C21H20N4OS/c1-4-15-7-5-6-8-18(15)25-13(2)11-16(14(25)3)12-17-19(22)24-9-10-27-21(24)23-20(17)26/h5-12,22H,4H2,1-3H3/b17-12-,22-19?. The minimum absolute atomic E-state index is 0.171. The monoisotopic (exact) mass is 376 g/mol. The van der Waals surface area contributed by atoms with Gasteiger partial charge in [-0.15, -0.1) is 0 Å². The van der Waals surface area contributed by atoms with E-state index in [1.165, 1.54) is 17.3 Å². The van der Waals surface area contributed by atoms with Crippen LogP contribution in [0.15, 0.2) is 52.5 Å². The first-order chi connectivity index (χ1) is 13.0. The van der Waals surface area contributed by atoms with E-state index >= 15 is 0 Å². The van der Waals surface area contributed by atoms with E-state index in [1.807, 2.05) is 18.4 Å². The summed E-state index contributed by atoms with van der Waals surface area (Å²) in [4.78, 5) is 18.2. The van der Waals surface area contributed by atoms with E-state index in [0.717, 1.165) is 29.1 Å². The highest BCUT2D eigenvalue weighted by Crippen LogP contribution is 2.29. The molecule has 0 unspecified atom stereocenters. The lowest BCUT2D eigenvalue weighted by molar-refractivity contribution is -0.114. The van der Waals surface area contributed by atoms with Crippen LogP contribution in [0.2, 0.25) is 0 Å². The Morgan fingerprint density at radius 1 is 1.26 bits per heavy atom. The number of para-hydroxylation sites is 1. The summed E-state index contributed by atoms with van der Waals surface area (Å²) in [7, 11) is 0. The third-order valence-corrected chi connectivity index (χ3v) is 5.65. The second-order valence-electron chi connectivity index (χ2n) is 6.52. The van der Waals surface area contributed by atoms with Crippen molar-refractivity contribution in [1.82, 2.24) is 9.47 Å². The molecule has 1 amide bonds. The lowest BCUT2D eigenvalue weighted by atomic mass is 10.1. The van der Waals surface area contributed by atoms with Gasteiger partial charge in [-0.25, -0.2) is 0 Å². The first-order valence-corrected chi connectivity index (χ1v) is 9.72. The molecular weight excluding hydrogens is 356 g/mol. The van der Waals surface area contributed by atoms with Gasteiger partial charge in [0.1, 0.15) is 5.84 Å². The van der Waals surface area contributed by atoms with Gasteiger partial charge in [0.15, 0.2) is 5.17 Å². The molecule has 1 aromatic carbocycles. The van der Waals surface area contributed by atoms with E-state index in [1.54, 1.807) is 17.2 Å². The third-order valence-electron chi connectivity index (χ3n) is 4.90. The predicted molar refractivity (Wildman–Crippen MR) is 111 cm³/mol. The maximum Gasteiger partial charge on any atom is 0.283 e. The second kappa shape index (κ2) is 6.70. The average molecular weight is 376 g/mol. The molecule has 2 aliphatic heterocycles. The van der Waals surface area contributed by atoms with Crippen LogP contribution in [-0.4, -0.2) is 26.4 Å². The Labute approximate surface area is 162 Å². The number of aromatic nitrogens is 1. The second-order valence-corrected chi connectivity index (χ2v) is 7.40. The quantitative estimate of drug-likeness (QED) is 0.806. The first kappa shape index (κ1) is 17.5. The molecule has 2 aliphatic rings. The van der Waals surface area contributed by atoms with Crippen LogP contribution < -0.4 is 0 Å². The maximum atomic E-state index is 12.5. The maximum absolute atomic E-state index is 12.5. The number of nitrogens with one attached hydrogen (secondary N) is 1. The lowest BCUT2D eigenvalue weighted by Gasteiger charge is -2.22. The number of rotatable bonds is 3. The smallest absolute Gasteiger partial charge is 0.283 e. The van der Waals surface area contributed by atoms with Crippen molar-refractivity contribution < 1.29 is 4.79 Å². The number of amides is 1. The number of amidine groups is 2. The zero-order valence-electron chi connectivity index (χ0n) is 15.5. The van der Waals surface area contributed by atoms with E-state index in [-0.39, 0.29) is 11.7 Å². The van der Waals surface area contributed by atoms with Gasteiger partial charge in [-0.2, -0.15) is 4.99 Å². The van der Waals surface area contributed by atoms with Gasteiger partial charge in [-0.3, -0.25) is 15.1 Å². The highest BCUT2D eigenvalue weighted by molar-refractivity contribution is 8.16. The van der Waals surface area contributed by atoms with Crippen LogP contribution in [0, 0.1) is 19.3 Å². The van der Waals surface area contributed by atoms with Crippen LogP contribution in [-0.2, 0) is 11.2 Å². The molecule has 2 aromatic rings. The molecule has 3 heterocycles. The number of hydrogen-bond acceptors (Lipinski definition) is 3. The number of aliphatic imine (C=N–C) groups is 1. The van der Waals surface area contributed by atoms with Crippen molar-refractivity contribution in [3.8, 4) is 5.69 Å². The molecule has 0 bridgehead atoms. The number of carbonyl (C=O) groups is 1. The summed E-state index contributed by atoms with van der Waals surface area (Å²) in [6.45, 7) is 6.25. The molecule has 0 atom stereocenters. The van der Waals surface area contributed by atoms with E-state index < -0.39 is 0 Å². The average Bonchev–Trinajstić information content (AvgIpc) is 3.23. The Morgan fingerprint density at radius 2 is 2.04 bits per heavy atom.